The number of esters is 1. The lowest BCUT2D eigenvalue weighted by Crippen LogP contribution is -2.41. The van der Waals surface area contributed by atoms with Crippen LogP contribution in [0.1, 0.15) is 39.5 Å². The van der Waals surface area contributed by atoms with E-state index in [1.165, 1.54) is 32.8 Å². The van der Waals surface area contributed by atoms with Crippen LogP contribution in [0.2, 0.25) is 0 Å². The van der Waals surface area contributed by atoms with Gasteiger partial charge in [-0.15, -0.1) is 0 Å². The van der Waals surface area contributed by atoms with Crippen molar-refractivity contribution in [1.29, 1.82) is 0 Å². The number of hydrogen-bond acceptors (Lipinski definition) is 3. The Hall–Kier alpha value is -0.0900. The normalized spacial score (nSPS) is 26.1. The maximum atomic E-state index is 11.2. The average molecular weight is 292 g/mol. The van der Waals surface area contributed by atoms with Gasteiger partial charge in [-0.05, 0) is 24.7 Å². The van der Waals surface area contributed by atoms with Gasteiger partial charge in [0.15, 0.2) is 0 Å². The molecule has 0 radical (unpaired) electrons. The Labute approximate surface area is 106 Å². The fourth-order valence-electron chi connectivity index (χ4n) is 2.35. The van der Waals surface area contributed by atoms with Crippen LogP contribution in [0, 0.1) is 5.41 Å². The van der Waals surface area contributed by atoms with E-state index in [0.29, 0.717) is 18.0 Å². The minimum atomic E-state index is -0.234. The molecule has 0 saturated heterocycles. The Kier molecular flexibility index (Phi) is 5.25. The van der Waals surface area contributed by atoms with Crippen molar-refractivity contribution >= 4 is 21.9 Å². The second-order valence-electron chi connectivity index (χ2n) is 5.36. The highest BCUT2D eigenvalue weighted by Crippen LogP contribution is 2.35. The summed E-state index contributed by atoms with van der Waals surface area (Å²) in [6.07, 6.45) is 4.98. The maximum Gasteiger partial charge on any atom is 0.320 e. The van der Waals surface area contributed by atoms with Crippen LogP contribution >= 0.6 is 15.9 Å². The summed E-state index contributed by atoms with van der Waals surface area (Å²) in [5.74, 6) is -0.206. The van der Waals surface area contributed by atoms with E-state index in [1.54, 1.807) is 0 Å². The first-order chi connectivity index (χ1) is 7.44. The second kappa shape index (κ2) is 6.01. The van der Waals surface area contributed by atoms with Crippen molar-refractivity contribution in [3.05, 3.63) is 0 Å². The third-order valence-corrected chi connectivity index (χ3v) is 3.95. The van der Waals surface area contributed by atoms with Crippen LogP contribution < -0.4 is 5.32 Å². The fraction of sp³-hybridized carbons (Fsp3) is 0.917. The summed E-state index contributed by atoms with van der Waals surface area (Å²) in [5, 5.41) is 3.44. The molecule has 1 aliphatic carbocycles. The Morgan fingerprint density at radius 2 is 2.31 bits per heavy atom. The Morgan fingerprint density at radius 1 is 1.62 bits per heavy atom. The zero-order valence-electron chi connectivity index (χ0n) is 10.4. The number of carbonyl (C=O) groups excluding carboxylic acids is 1. The number of carbonyl (C=O) groups is 1. The van der Waals surface area contributed by atoms with Gasteiger partial charge in [-0.1, -0.05) is 36.2 Å². The molecule has 0 spiro atoms. The molecule has 1 saturated carbocycles. The highest BCUT2D eigenvalue weighted by Gasteiger charge is 2.28. The van der Waals surface area contributed by atoms with Crippen LogP contribution in [-0.2, 0) is 9.53 Å². The Bertz CT molecular complexity index is 243. The van der Waals surface area contributed by atoms with E-state index in [1.807, 2.05) is 0 Å². The minimum absolute atomic E-state index is 0.206. The van der Waals surface area contributed by atoms with Gasteiger partial charge in [0, 0.05) is 12.6 Å². The zero-order valence-corrected chi connectivity index (χ0v) is 12.0. The molecule has 0 aliphatic heterocycles. The molecule has 94 valence electrons. The molecule has 0 aromatic heterocycles. The molecule has 16 heavy (non-hydrogen) atoms. The molecule has 0 aromatic rings. The summed E-state index contributed by atoms with van der Waals surface area (Å²) >= 11 is 3.32. The predicted octanol–water partition coefficient (Wildman–Crippen LogP) is 2.48. The van der Waals surface area contributed by atoms with Gasteiger partial charge < -0.3 is 10.1 Å². The van der Waals surface area contributed by atoms with E-state index < -0.39 is 0 Å². The smallest absolute Gasteiger partial charge is 0.320 e. The highest BCUT2D eigenvalue weighted by molar-refractivity contribution is 9.10. The summed E-state index contributed by atoms with van der Waals surface area (Å²) in [5.41, 5.74) is 0.434. The van der Waals surface area contributed by atoms with Gasteiger partial charge in [-0.2, -0.15) is 0 Å². The predicted molar refractivity (Wildman–Crippen MR) is 68.8 cm³/mol. The summed E-state index contributed by atoms with van der Waals surface area (Å²) in [4.78, 5) is 11.0. The molecular formula is C12H22BrNO2. The number of rotatable bonds is 4. The molecule has 0 bridgehead atoms. The van der Waals surface area contributed by atoms with Crippen LogP contribution in [0.15, 0.2) is 0 Å². The van der Waals surface area contributed by atoms with Crippen LogP contribution in [-0.4, -0.2) is 30.5 Å². The number of methoxy groups -OCH3 is 1. The first kappa shape index (κ1) is 14.0. The molecule has 2 atom stereocenters. The van der Waals surface area contributed by atoms with E-state index in [2.05, 4.69) is 39.8 Å². The van der Waals surface area contributed by atoms with Crippen LogP contribution in [0.5, 0.6) is 0 Å². The zero-order chi connectivity index (χ0) is 12.2. The van der Waals surface area contributed by atoms with Crippen LogP contribution in [0.3, 0.4) is 0 Å². The monoisotopic (exact) mass is 291 g/mol. The van der Waals surface area contributed by atoms with E-state index in [4.69, 9.17) is 0 Å². The van der Waals surface area contributed by atoms with Gasteiger partial charge in [0.1, 0.15) is 4.83 Å². The van der Waals surface area contributed by atoms with E-state index in [9.17, 15) is 4.79 Å². The molecule has 0 amide bonds. The standard InChI is InChI=1S/C12H22BrNO2/c1-12(2)6-4-5-9(7-12)14-8-10(13)11(15)16-3/h9-10,14H,4-8H2,1-3H3. The van der Waals surface area contributed by atoms with Crippen LogP contribution in [0.4, 0.5) is 0 Å². The molecular weight excluding hydrogens is 270 g/mol. The Balaban J connectivity index is 2.30. The van der Waals surface area contributed by atoms with E-state index in [0.717, 1.165) is 0 Å². The molecule has 1 rings (SSSR count). The van der Waals surface area contributed by atoms with Crippen molar-refractivity contribution < 1.29 is 9.53 Å². The molecule has 0 heterocycles. The molecule has 2 unspecified atom stereocenters. The third-order valence-electron chi connectivity index (χ3n) is 3.25. The van der Waals surface area contributed by atoms with Crippen molar-refractivity contribution in [2.45, 2.75) is 50.4 Å². The maximum absolute atomic E-state index is 11.2. The molecule has 1 N–H and O–H groups in total. The van der Waals surface area contributed by atoms with Crippen molar-refractivity contribution in [3.63, 3.8) is 0 Å². The number of alkyl halides is 1. The molecule has 1 fully saturated rings. The number of nitrogens with one attached hydrogen (secondary N) is 1. The van der Waals surface area contributed by atoms with Gasteiger partial charge in [-0.3, -0.25) is 4.79 Å². The average Bonchev–Trinajstić information content (AvgIpc) is 2.23. The molecule has 1 aliphatic rings. The Morgan fingerprint density at radius 3 is 2.88 bits per heavy atom. The van der Waals surface area contributed by atoms with Crippen molar-refractivity contribution in [3.8, 4) is 0 Å². The first-order valence-corrected chi connectivity index (χ1v) is 6.81. The van der Waals surface area contributed by atoms with Crippen molar-refractivity contribution in [2.75, 3.05) is 13.7 Å². The summed E-state index contributed by atoms with van der Waals surface area (Å²) in [6.45, 7) is 5.27. The van der Waals surface area contributed by atoms with Gasteiger partial charge in [0.25, 0.3) is 0 Å². The van der Waals surface area contributed by atoms with Crippen molar-refractivity contribution in [2.24, 2.45) is 5.41 Å². The first-order valence-electron chi connectivity index (χ1n) is 5.90. The van der Waals surface area contributed by atoms with Gasteiger partial charge in [0.2, 0.25) is 0 Å². The number of halogens is 1. The fourth-order valence-corrected chi connectivity index (χ4v) is 2.73. The lowest BCUT2D eigenvalue weighted by atomic mass is 9.75. The van der Waals surface area contributed by atoms with E-state index >= 15 is 0 Å². The largest absolute Gasteiger partial charge is 0.468 e. The molecule has 3 nitrogen and oxygen atoms in total. The summed E-state index contributed by atoms with van der Waals surface area (Å²) in [6, 6.07) is 0.536. The second-order valence-corrected chi connectivity index (χ2v) is 6.46. The number of ether oxygens (including phenoxy) is 1. The summed E-state index contributed by atoms with van der Waals surface area (Å²) in [7, 11) is 1.42. The number of hydrogen-bond donors (Lipinski definition) is 1. The lowest BCUT2D eigenvalue weighted by Gasteiger charge is -2.35. The van der Waals surface area contributed by atoms with Gasteiger partial charge in [0.05, 0.1) is 7.11 Å². The SMILES string of the molecule is COC(=O)C(Br)CNC1CCCC(C)(C)C1. The topological polar surface area (TPSA) is 38.3 Å². The van der Waals surface area contributed by atoms with E-state index in [-0.39, 0.29) is 10.8 Å². The molecule has 4 heteroatoms. The highest BCUT2D eigenvalue weighted by atomic mass is 79.9. The van der Waals surface area contributed by atoms with Gasteiger partial charge >= 0.3 is 5.97 Å². The summed E-state index contributed by atoms with van der Waals surface area (Å²) < 4.78 is 4.67. The van der Waals surface area contributed by atoms with Crippen molar-refractivity contribution in [1.82, 2.24) is 5.32 Å². The van der Waals surface area contributed by atoms with Gasteiger partial charge in [-0.25, -0.2) is 0 Å². The minimum Gasteiger partial charge on any atom is -0.468 e. The van der Waals surface area contributed by atoms with Crippen LogP contribution in [0.25, 0.3) is 0 Å². The quantitative estimate of drug-likeness (QED) is 0.639. The molecule has 0 aromatic carbocycles. The lowest BCUT2D eigenvalue weighted by molar-refractivity contribution is -0.139. The third kappa shape index (κ3) is 4.42.